The van der Waals surface area contributed by atoms with Gasteiger partial charge in [-0.15, -0.1) is 0 Å². The smallest absolute Gasteiger partial charge is 0.0319 e. The van der Waals surface area contributed by atoms with Crippen molar-refractivity contribution in [3.8, 4) is 0 Å². The van der Waals surface area contributed by atoms with Crippen LogP contribution in [0.4, 0.5) is 0 Å². The summed E-state index contributed by atoms with van der Waals surface area (Å²) in [5, 5.41) is 0.354. The van der Waals surface area contributed by atoms with Gasteiger partial charge in [-0.25, -0.2) is 0 Å². The molecule has 0 radical (unpaired) electrons. The summed E-state index contributed by atoms with van der Waals surface area (Å²) in [5.74, 6) is 1.40. The number of rotatable bonds is 4. The third-order valence-electron chi connectivity index (χ3n) is 2.41. The van der Waals surface area contributed by atoms with E-state index in [9.17, 15) is 4.21 Å². The molecule has 1 nitrogen and oxygen atoms in total. The summed E-state index contributed by atoms with van der Waals surface area (Å²) >= 11 is 0. The first kappa shape index (κ1) is 11.2. The van der Waals surface area contributed by atoms with Gasteiger partial charge < -0.3 is 0 Å². The van der Waals surface area contributed by atoms with E-state index in [1.165, 1.54) is 0 Å². The maximum atomic E-state index is 11.0. The lowest BCUT2D eigenvalue weighted by atomic mass is 9.93. The molecule has 0 aliphatic rings. The second-order valence-corrected chi connectivity index (χ2v) is 5.57. The zero-order valence-electron chi connectivity index (χ0n) is 8.26. The van der Waals surface area contributed by atoms with Gasteiger partial charge in [-0.3, -0.25) is 4.21 Å². The molecule has 0 bridgehead atoms. The first-order chi connectivity index (χ1) is 4.95. The average molecular weight is 176 g/mol. The lowest BCUT2D eigenvalue weighted by molar-refractivity contribution is 0.391. The zero-order chi connectivity index (χ0) is 9.02. The van der Waals surface area contributed by atoms with Crippen LogP contribution < -0.4 is 0 Å². The van der Waals surface area contributed by atoms with Gasteiger partial charge in [-0.05, 0) is 18.3 Å². The van der Waals surface area contributed by atoms with Crippen LogP contribution in [-0.4, -0.2) is 15.7 Å². The molecule has 0 aromatic rings. The normalized spacial score (nSPS) is 19.8. The second-order valence-electron chi connectivity index (χ2n) is 3.77. The average Bonchev–Trinajstić information content (AvgIpc) is 1.87. The molecule has 0 saturated carbocycles. The van der Waals surface area contributed by atoms with Gasteiger partial charge in [0, 0.05) is 22.3 Å². The van der Waals surface area contributed by atoms with E-state index in [0.717, 1.165) is 6.42 Å². The van der Waals surface area contributed by atoms with E-state index in [1.54, 1.807) is 6.26 Å². The summed E-state index contributed by atoms with van der Waals surface area (Å²) in [6, 6.07) is 0. The largest absolute Gasteiger partial charge is 0.260 e. The lowest BCUT2D eigenvalue weighted by Crippen LogP contribution is -2.16. The van der Waals surface area contributed by atoms with Crippen LogP contribution in [-0.2, 0) is 10.8 Å². The molecule has 11 heavy (non-hydrogen) atoms. The molecule has 3 atom stereocenters. The van der Waals surface area contributed by atoms with Crippen molar-refractivity contribution in [1.82, 2.24) is 0 Å². The van der Waals surface area contributed by atoms with Gasteiger partial charge in [0.2, 0.25) is 0 Å². The molecular weight excluding hydrogens is 156 g/mol. The Bertz CT molecular complexity index is 132. The van der Waals surface area contributed by atoms with E-state index in [-0.39, 0.29) is 0 Å². The van der Waals surface area contributed by atoms with Gasteiger partial charge in [-0.1, -0.05) is 27.7 Å². The highest BCUT2D eigenvalue weighted by atomic mass is 32.2. The number of hydrogen-bond acceptors (Lipinski definition) is 1. The first-order valence-corrected chi connectivity index (χ1v) is 5.89. The quantitative estimate of drug-likeness (QED) is 0.643. The van der Waals surface area contributed by atoms with Crippen molar-refractivity contribution >= 4 is 10.8 Å². The van der Waals surface area contributed by atoms with Crippen LogP contribution in [0.1, 0.15) is 34.1 Å². The molecule has 68 valence electrons. The van der Waals surface area contributed by atoms with E-state index >= 15 is 0 Å². The summed E-state index contributed by atoms with van der Waals surface area (Å²) in [4.78, 5) is 0. The fraction of sp³-hybridized carbons (Fsp3) is 1.00. The highest BCUT2D eigenvalue weighted by molar-refractivity contribution is 7.84. The minimum Gasteiger partial charge on any atom is -0.260 e. The Labute approximate surface area is 73.0 Å². The van der Waals surface area contributed by atoms with Gasteiger partial charge >= 0.3 is 0 Å². The predicted octanol–water partition coefficient (Wildman–Crippen LogP) is 2.44. The molecule has 3 unspecified atom stereocenters. The Morgan fingerprint density at radius 3 is 1.91 bits per heavy atom. The van der Waals surface area contributed by atoms with Crippen LogP contribution in [0.2, 0.25) is 0 Å². The lowest BCUT2D eigenvalue weighted by Gasteiger charge is -2.18. The van der Waals surface area contributed by atoms with Crippen LogP contribution in [0.5, 0.6) is 0 Å². The molecule has 0 amide bonds. The van der Waals surface area contributed by atoms with E-state index in [1.807, 2.05) is 0 Å². The maximum absolute atomic E-state index is 11.0. The Hall–Kier alpha value is 0.150. The van der Waals surface area contributed by atoms with Crippen molar-refractivity contribution in [2.45, 2.75) is 39.4 Å². The van der Waals surface area contributed by atoms with Crippen LogP contribution in [0.3, 0.4) is 0 Å². The third-order valence-corrected chi connectivity index (χ3v) is 3.73. The van der Waals surface area contributed by atoms with Gasteiger partial charge in [0.25, 0.3) is 0 Å². The molecule has 0 heterocycles. The van der Waals surface area contributed by atoms with Crippen molar-refractivity contribution < 1.29 is 4.21 Å². The molecule has 0 spiro atoms. The van der Waals surface area contributed by atoms with Crippen LogP contribution in [0, 0.1) is 11.8 Å². The molecular formula is C9H20OS. The summed E-state index contributed by atoms with van der Waals surface area (Å²) in [5.41, 5.74) is 0. The van der Waals surface area contributed by atoms with Crippen molar-refractivity contribution in [2.24, 2.45) is 11.8 Å². The SMILES string of the molecule is CC(C)C(C)CC(C)S(C)=O. The molecule has 0 saturated heterocycles. The number of hydrogen-bond donors (Lipinski definition) is 0. The molecule has 0 rings (SSSR count). The van der Waals surface area contributed by atoms with E-state index in [2.05, 4.69) is 27.7 Å². The Morgan fingerprint density at radius 1 is 1.18 bits per heavy atom. The summed E-state index contributed by atoms with van der Waals surface area (Å²) < 4.78 is 11.0. The van der Waals surface area contributed by atoms with Crippen molar-refractivity contribution in [1.29, 1.82) is 0 Å². The van der Waals surface area contributed by atoms with Crippen molar-refractivity contribution in [3.63, 3.8) is 0 Å². The summed E-state index contributed by atoms with van der Waals surface area (Å²) in [6.45, 7) is 8.73. The minimum absolute atomic E-state index is 0.354. The topological polar surface area (TPSA) is 17.1 Å². The highest BCUT2D eigenvalue weighted by Gasteiger charge is 2.13. The molecule has 0 aliphatic carbocycles. The van der Waals surface area contributed by atoms with Gasteiger partial charge in [-0.2, -0.15) is 0 Å². The third kappa shape index (κ3) is 4.57. The highest BCUT2D eigenvalue weighted by Crippen LogP contribution is 2.17. The summed E-state index contributed by atoms with van der Waals surface area (Å²) in [6.07, 6.45) is 2.87. The standard InChI is InChI=1S/C9H20OS/c1-7(2)8(3)6-9(4)11(5)10/h7-9H,6H2,1-5H3. The van der Waals surface area contributed by atoms with Gasteiger partial charge in [0.05, 0.1) is 0 Å². The minimum atomic E-state index is -0.647. The Kier molecular flexibility index (Phi) is 4.98. The van der Waals surface area contributed by atoms with Crippen molar-refractivity contribution in [2.75, 3.05) is 6.26 Å². The fourth-order valence-corrected chi connectivity index (χ4v) is 1.51. The van der Waals surface area contributed by atoms with E-state index < -0.39 is 10.8 Å². The Balaban J connectivity index is 3.75. The fourth-order valence-electron chi connectivity index (χ4n) is 0.931. The van der Waals surface area contributed by atoms with E-state index in [4.69, 9.17) is 0 Å². The van der Waals surface area contributed by atoms with Crippen LogP contribution >= 0.6 is 0 Å². The zero-order valence-corrected chi connectivity index (χ0v) is 9.07. The maximum Gasteiger partial charge on any atom is 0.0319 e. The second kappa shape index (κ2) is 4.91. The molecule has 0 aromatic carbocycles. The summed E-state index contributed by atoms with van der Waals surface area (Å²) in [7, 11) is -0.647. The molecule has 0 aliphatic heterocycles. The Morgan fingerprint density at radius 2 is 1.64 bits per heavy atom. The monoisotopic (exact) mass is 176 g/mol. The predicted molar refractivity (Wildman–Crippen MR) is 52.1 cm³/mol. The van der Waals surface area contributed by atoms with Gasteiger partial charge in [0.1, 0.15) is 0 Å². The molecule has 0 aromatic heterocycles. The molecule has 0 N–H and O–H groups in total. The van der Waals surface area contributed by atoms with Crippen LogP contribution in [0.15, 0.2) is 0 Å². The van der Waals surface area contributed by atoms with Gasteiger partial charge in [0.15, 0.2) is 0 Å². The first-order valence-electron chi connectivity index (χ1n) is 4.27. The van der Waals surface area contributed by atoms with E-state index in [0.29, 0.717) is 17.1 Å². The molecule has 0 fully saturated rings. The van der Waals surface area contributed by atoms with Crippen LogP contribution in [0.25, 0.3) is 0 Å². The van der Waals surface area contributed by atoms with Crippen molar-refractivity contribution in [3.05, 3.63) is 0 Å². The molecule has 2 heteroatoms.